The van der Waals surface area contributed by atoms with Crippen LogP contribution in [0.1, 0.15) is 41.1 Å². The highest BCUT2D eigenvalue weighted by Gasteiger charge is 2.26. The second-order valence-corrected chi connectivity index (χ2v) is 6.32. The van der Waals surface area contributed by atoms with Gasteiger partial charge in [0, 0.05) is 30.3 Å². The summed E-state index contributed by atoms with van der Waals surface area (Å²) < 4.78 is 28.3. The first kappa shape index (κ1) is 13.2. The molecule has 126 valence electrons. The van der Waals surface area contributed by atoms with Gasteiger partial charge in [-0.1, -0.05) is 0 Å². The number of amides is 1. The van der Waals surface area contributed by atoms with Crippen LogP contribution in [-0.2, 0) is 4.74 Å². The molecule has 1 aliphatic rings. The summed E-state index contributed by atoms with van der Waals surface area (Å²) in [4.78, 5) is 30.4. The summed E-state index contributed by atoms with van der Waals surface area (Å²) in [6.45, 7) is 4.38. The number of pyridine rings is 1. The summed E-state index contributed by atoms with van der Waals surface area (Å²) in [6, 6.07) is 2.74. The quantitative estimate of drug-likeness (QED) is 0.897. The molecule has 0 radical (unpaired) electrons. The first-order valence-corrected chi connectivity index (χ1v) is 7.36. The minimum atomic E-state index is -2.54. The lowest BCUT2D eigenvalue weighted by molar-refractivity contribution is 0.0240. The van der Waals surface area contributed by atoms with Crippen LogP contribution in [0.4, 0.5) is 10.5 Å². The third-order valence-corrected chi connectivity index (χ3v) is 3.37. The average Bonchev–Trinajstić information content (AvgIpc) is 2.52. The lowest BCUT2D eigenvalue weighted by Crippen LogP contribution is -2.50. The van der Waals surface area contributed by atoms with E-state index in [4.69, 9.17) is 14.0 Å². The van der Waals surface area contributed by atoms with Crippen LogP contribution in [0.15, 0.2) is 12.1 Å². The van der Waals surface area contributed by atoms with Crippen LogP contribution in [0, 0.1) is 6.85 Å². The van der Waals surface area contributed by atoms with Gasteiger partial charge in [-0.25, -0.2) is 14.6 Å². The molecule has 1 aliphatic heterocycles. The molecule has 0 aromatic carbocycles. The van der Waals surface area contributed by atoms with Crippen molar-refractivity contribution in [2.24, 2.45) is 0 Å². The van der Waals surface area contributed by atoms with Gasteiger partial charge in [0.1, 0.15) is 11.3 Å². The van der Waals surface area contributed by atoms with Crippen LogP contribution in [0.2, 0.25) is 0 Å². The van der Waals surface area contributed by atoms with Crippen molar-refractivity contribution in [1.29, 1.82) is 0 Å². The van der Waals surface area contributed by atoms with Crippen molar-refractivity contribution >= 4 is 17.7 Å². The molecule has 0 unspecified atom stereocenters. The molecule has 1 aromatic rings. The molecule has 0 bridgehead atoms. The molecule has 0 saturated carbocycles. The Kier molecular flexibility index (Phi) is 3.68. The number of carbonyl (C=O) groups excluding carboxylic acids is 1. The van der Waals surface area contributed by atoms with E-state index in [1.54, 1.807) is 30.6 Å². The maximum atomic E-state index is 12.1. The van der Waals surface area contributed by atoms with Gasteiger partial charge in [0.05, 0.1) is 11.4 Å². The minimum absolute atomic E-state index is 0.247. The molecule has 0 atom stereocenters. The average molecular weight is 324 g/mol. The van der Waals surface area contributed by atoms with Gasteiger partial charge in [-0.3, -0.25) is 0 Å². The molecule has 2 heterocycles. The van der Waals surface area contributed by atoms with Gasteiger partial charge in [0.15, 0.2) is 0 Å². The van der Waals surface area contributed by atoms with Gasteiger partial charge in [-0.05, 0) is 39.8 Å². The molecule has 1 amide bonds. The lowest BCUT2D eigenvalue weighted by atomic mass is 10.2. The Morgan fingerprint density at radius 1 is 1.26 bits per heavy atom. The van der Waals surface area contributed by atoms with E-state index in [0.717, 1.165) is 0 Å². The van der Waals surface area contributed by atoms with Crippen molar-refractivity contribution in [3.8, 4) is 0 Å². The zero-order valence-corrected chi connectivity index (χ0v) is 13.5. The molecular weight excluding hydrogens is 298 g/mol. The number of carboxylic acids is 1. The molecular formula is C16H23N3O4. The van der Waals surface area contributed by atoms with Gasteiger partial charge >= 0.3 is 12.1 Å². The first-order valence-electron chi connectivity index (χ1n) is 8.86. The van der Waals surface area contributed by atoms with Crippen LogP contribution in [0.5, 0.6) is 0 Å². The van der Waals surface area contributed by atoms with Crippen molar-refractivity contribution in [3.05, 3.63) is 23.5 Å². The summed E-state index contributed by atoms with van der Waals surface area (Å²) in [7, 11) is 0. The topological polar surface area (TPSA) is 83.0 Å². The molecule has 7 nitrogen and oxygen atoms in total. The Morgan fingerprint density at radius 3 is 2.43 bits per heavy atom. The SMILES string of the molecule is [2H]C([2H])([2H])c1nc(C(=O)O)ccc1N1CCN(C(=O)OC(C)(C)C)CC1. The van der Waals surface area contributed by atoms with Crippen molar-refractivity contribution < 1.29 is 23.5 Å². The Balaban J connectivity index is 2.16. The van der Waals surface area contributed by atoms with Gasteiger partial charge < -0.3 is 19.6 Å². The van der Waals surface area contributed by atoms with Crippen LogP contribution in [0.25, 0.3) is 0 Å². The fourth-order valence-electron chi connectivity index (χ4n) is 2.28. The summed E-state index contributed by atoms with van der Waals surface area (Å²) in [6.07, 6.45) is -0.410. The van der Waals surface area contributed by atoms with E-state index in [1.165, 1.54) is 12.1 Å². The predicted octanol–water partition coefficient (Wildman–Crippen LogP) is 2.15. The fourth-order valence-corrected chi connectivity index (χ4v) is 2.28. The zero-order chi connectivity index (χ0) is 19.7. The smallest absolute Gasteiger partial charge is 0.410 e. The summed E-state index contributed by atoms with van der Waals surface area (Å²) >= 11 is 0. The third kappa shape index (κ3) is 4.34. The molecule has 0 spiro atoms. The van der Waals surface area contributed by atoms with Gasteiger partial charge in [0.2, 0.25) is 0 Å². The summed E-state index contributed by atoms with van der Waals surface area (Å²) in [5.74, 6) is -1.28. The maximum Gasteiger partial charge on any atom is 0.410 e. The second kappa shape index (κ2) is 6.44. The number of aromatic nitrogens is 1. The number of carbonyl (C=O) groups is 2. The highest BCUT2D eigenvalue weighted by molar-refractivity contribution is 5.85. The molecule has 0 aliphatic carbocycles. The normalized spacial score (nSPS) is 18.0. The van der Waals surface area contributed by atoms with E-state index in [1.807, 2.05) is 0 Å². The minimum Gasteiger partial charge on any atom is -0.477 e. The summed E-state index contributed by atoms with van der Waals surface area (Å²) in [5.41, 5.74) is -0.784. The van der Waals surface area contributed by atoms with Crippen molar-refractivity contribution in [2.75, 3.05) is 31.1 Å². The number of hydrogen-bond acceptors (Lipinski definition) is 5. The number of anilines is 1. The van der Waals surface area contributed by atoms with Crippen molar-refractivity contribution in [3.63, 3.8) is 0 Å². The Morgan fingerprint density at radius 2 is 1.91 bits per heavy atom. The number of nitrogens with zero attached hydrogens (tertiary/aromatic N) is 3. The van der Waals surface area contributed by atoms with Crippen LogP contribution < -0.4 is 4.90 Å². The highest BCUT2D eigenvalue weighted by atomic mass is 16.6. The number of ether oxygens (including phenoxy) is 1. The Bertz CT molecular complexity index is 693. The number of hydrogen-bond donors (Lipinski definition) is 1. The Labute approximate surface area is 140 Å². The van der Waals surface area contributed by atoms with Crippen LogP contribution in [-0.4, -0.2) is 58.8 Å². The number of piperazine rings is 1. The number of aromatic carboxylic acids is 1. The first-order chi connectivity index (χ1) is 11.9. The Hall–Kier alpha value is -2.31. The van der Waals surface area contributed by atoms with Crippen molar-refractivity contribution in [2.45, 2.75) is 33.2 Å². The number of rotatable bonds is 2. The van der Waals surface area contributed by atoms with Gasteiger partial charge in [0.25, 0.3) is 0 Å². The monoisotopic (exact) mass is 324 g/mol. The van der Waals surface area contributed by atoms with Gasteiger partial charge in [-0.15, -0.1) is 0 Å². The maximum absolute atomic E-state index is 12.1. The van der Waals surface area contributed by atoms with Crippen LogP contribution >= 0.6 is 0 Å². The van der Waals surface area contributed by atoms with E-state index in [9.17, 15) is 9.59 Å². The van der Waals surface area contributed by atoms with Crippen molar-refractivity contribution in [1.82, 2.24) is 9.88 Å². The molecule has 2 rings (SSSR count). The third-order valence-electron chi connectivity index (χ3n) is 3.37. The van der Waals surface area contributed by atoms with Gasteiger partial charge in [-0.2, -0.15) is 0 Å². The lowest BCUT2D eigenvalue weighted by Gasteiger charge is -2.37. The van der Waals surface area contributed by atoms with E-state index < -0.39 is 24.5 Å². The van der Waals surface area contributed by atoms with Crippen LogP contribution in [0.3, 0.4) is 0 Å². The molecule has 1 aromatic heterocycles. The second-order valence-electron chi connectivity index (χ2n) is 6.32. The summed E-state index contributed by atoms with van der Waals surface area (Å²) in [5, 5.41) is 9.05. The molecule has 1 N–H and O–H groups in total. The number of aryl methyl sites for hydroxylation is 1. The largest absolute Gasteiger partial charge is 0.477 e. The zero-order valence-electron chi connectivity index (χ0n) is 16.5. The molecule has 23 heavy (non-hydrogen) atoms. The van der Waals surface area contributed by atoms with E-state index >= 15 is 0 Å². The highest BCUT2D eigenvalue weighted by Crippen LogP contribution is 2.21. The molecule has 1 saturated heterocycles. The molecule has 1 fully saturated rings. The molecule has 7 heteroatoms. The fraction of sp³-hybridized carbons (Fsp3) is 0.562. The van der Waals surface area contributed by atoms with E-state index in [2.05, 4.69) is 4.98 Å². The predicted molar refractivity (Wildman–Crippen MR) is 86.0 cm³/mol. The standard InChI is InChI=1S/C16H23N3O4/c1-11-13(6-5-12(17-11)14(20)21)18-7-9-19(10-8-18)15(22)23-16(2,3)4/h5-6H,7-10H2,1-4H3,(H,20,21)/i1D3. The van der Waals surface area contributed by atoms with E-state index in [0.29, 0.717) is 31.9 Å². The number of carboxylic acid groups (broad SMARTS) is 1. The van der Waals surface area contributed by atoms with E-state index in [-0.39, 0.29) is 11.4 Å².